The summed E-state index contributed by atoms with van der Waals surface area (Å²) in [5.41, 5.74) is 10.5. The van der Waals surface area contributed by atoms with Gasteiger partial charge in [-0.25, -0.2) is 0 Å². The average molecular weight is 267 g/mol. The van der Waals surface area contributed by atoms with Crippen LogP contribution in [0.4, 0.5) is 0 Å². The maximum absolute atomic E-state index is 11.5. The first-order valence-electron chi connectivity index (χ1n) is 7.13. The molecule has 0 aliphatic carbocycles. The van der Waals surface area contributed by atoms with Gasteiger partial charge in [-0.05, 0) is 52.0 Å². The first kappa shape index (κ1) is 17.8. The van der Waals surface area contributed by atoms with Crippen LogP contribution in [0.25, 0.3) is 0 Å². The van der Waals surface area contributed by atoms with Gasteiger partial charge in [0.1, 0.15) is 0 Å². The summed E-state index contributed by atoms with van der Waals surface area (Å²) in [6.45, 7) is 12.7. The van der Waals surface area contributed by atoms with Crippen LogP contribution in [0, 0.1) is 5.92 Å². The zero-order valence-corrected chi connectivity index (χ0v) is 13.3. The number of hydrogen-bond acceptors (Lipinski definition) is 3. The second-order valence-corrected chi connectivity index (χ2v) is 5.19. The zero-order valence-electron chi connectivity index (χ0n) is 13.3. The molecule has 0 saturated carbocycles. The Labute approximate surface area is 117 Å². The van der Waals surface area contributed by atoms with E-state index < -0.39 is 0 Å². The predicted molar refractivity (Wildman–Crippen MR) is 80.6 cm³/mol. The maximum atomic E-state index is 11.5. The molecule has 0 fully saturated rings. The second kappa shape index (κ2) is 8.78. The van der Waals surface area contributed by atoms with Crippen LogP contribution >= 0.6 is 0 Å². The van der Waals surface area contributed by atoms with Gasteiger partial charge in [0.25, 0.3) is 0 Å². The Hall–Kier alpha value is -1.25. The van der Waals surface area contributed by atoms with Gasteiger partial charge in [-0.2, -0.15) is 0 Å². The molecule has 0 radical (unpaired) electrons. The summed E-state index contributed by atoms with van der Waals surface area (Å²) in [5, 5.41) is 0. The molecule has 3 heteroatoms. The minimum absolute atomic E-state index is 0.154. The van der Waals surface area contributed by atoms with E-state index in [2.05, 4.69) is 20.8 Å². The van der Waals surface area contributed by atoms with Crippen LogP contribution in [0.5, 0.6) is 0 Å². The third-order valence-corrected chi connectivity index (χ3v) is 3.58. The van der Waals surface area contributed by atoms with E-state index in [-0.39, 0.29) is 5.97 Å². The van der Waals surface area contributed by atoms with Crippen LogP contribution in [0.2, 0.25) is 0 Å². The van der Waals surface area contributed by atoms with Gasteiger partial charge >= 0.3 is 5.97 Å². The molecule has 0 heterocycles. The number of rotatable bonds is 7. The molecule has 0 rings (SSSR count). The summed E-state index contributed by atoms with van der Waals surface area (Å²) >= 11 is 0. The third-order valence-electron chi connectivity index (χ3n) is 3.58. The lowest BCUT2D eigenvalue weighted by molar-refractivity contribution is -0.143. The van der Waals surface area contributed by atoms with Crippen LogP contribution in [-0.4, -0.2) is 12.6 Å². The molecule has 0 aromatic carbocycles. The molecule has 0 amide bonds. The molecule has 3 nitrogen and oxygen atoms in total. The van der Waals surface area contributed by atoms with Crippen molar-refractivity contribution in [2.24, 2.45) is 11.7 Å². The van der Waals surface area contributed by atoms with E-state index in [0.717, 1.165) is 23.3 Å². The summed E-state index contributed by atoms with van der Waals surface area (Å²) < 4.78 is 4.98. The third kappa shape index (κ3) is 5.95. The first-order chi connectivity index (χ1) is 8.84. The number of carbonyl (C=O) groups excluding carboxylic acids is 1. The van der Waals surface area contributed by atoms with E-state index in [1.165, 1.54) is 5.57 Å². The van der Waals surface area contributed by atoms with Gasteiger partial charge in [0.05, 0.1) is 6.61 Å². The lowest BCUT2D eigenvalue weighted by Gasteiger charge is -2.18. The highest BCUT2D eigenvalue weighted by Gasteiger charge is 2.14. The fourth-order valence-electron chi connectivity index (χ4n) is 1.91. The van der Waals surface area contributed by atoms with Crippen LogP contribution < -0.4 is 5.73 Å². The van der Waals surface area contributed by atoms with Crippen molar-refractivity contribution in [3.8, 4) is 0 Å². The minimum atomic E-state index is -0.154. The Morgan fingerprint density at radius 1 is 1.16 bits per heavy atom. The lowest BCUT2D eigenvalue weighted by atomic mass is 9.90. The molecule has 0 aromatic heterocycles. The molecule has 2 N–H and O–H groups in total. The topological polar surface area (TPSA) is 52.3 Å². The molecule has 0 aliphatic heterocycles. The first-order valence-corrected chi connectivity index (χ1v) is 7.13. The molecule has 0 saturated heterocycles. The number of esters is 1. The lowest BCUT2D eigenvalue weighted by Crippen LogP contribution is -2.12. The maximum Gasteiger partial charge on any atom is 0.306 e. The van der Waals surface area contributed by atoms with Gasteiger partial charge in [0.2, 0.25) is 0 Å². The van der Waals surface area contributed by atoms with Crippen molar-refractivity contribution in [3.05, 3.63) is 22.4 Å². The minimum Gasteiger partial charge on any atom is -0.466 e. The van der Waals surface area contributed by atoms with Crippen molar-refractivity contribution in [2.45, 2.75) is 60.8 Å². The highest BCUT2D eigenvalue weighted by atomic mass is 16.5. The van der Waals surface area contributed by atoms with Gasteiger partial charge in [-0.15, -0.1) is 0 Å². The largest absolute Gasteiger partial charge is 0.466 e. The molecule has 110 valence electrons. The van der Waals surface area contributed by atoms with Gasteiger partial charge in [0.15, 0.2) is 0 Å². The van der Waals surface area contributed by atoms with E-state index in [9.17, 15) is 4.79 Å². The van der Waals surface area contributed by atoms with Gasteiger partial charge in [-0.1, -0.05) is 25.0 Å². The molecular weight excluding hydrogens is 238 g/mol. The van der Waals surface area contributed by atoms with Gasteiger partial charge < -0.3 is 10.5 Å². The van der Waals surface area contributed by atoms with Crippen molar-refractivity contribution in [1.82, 2.24) is 0 Å². The van der Waals surface area contributed by atoms with Crippen LogP contribution in [-0.2, 0) is 9.53 Å². The smallest absolute Gasteiger partial charge is 0.306 e. The van der Waals surface area contributed by atoms with Gasteiger partial charge in [-0.3, -0.25) is 4.79 Å². The number of ether oxygens (including phenoxy) is 1. The molecule has 19 heavy (non-hydrogen) atoms. The molecule has 1 atom stereocenters. The van der Waals surface area contributed by atoms with Crippen LogP contribution in [0.1, 0.15) is 60.8 Å². The SMILES string of the molecule is CCOC(=O)CC/C(C(N)=C(C)C)=C(\C)[C@H](C)CC. The molecule has 0 spiro atoms. The fourth-order valence-corrected chi connectivity index (χ4v) is 1.91. The highest BCUT2D eigenvalue weighted by Crippen LogP contribution is 2.26. The number of allylic oxidation sites excluding steroid dienone is 3. The highest BCUT2D eigenvalue weighted by molar-refractivity contribution is 5.70. The Morgan fingerprint density at radius 3 is 2.16 bits per heavy atom. The van der Waals surface area contributed by atoms with Gasteiger partial charge in [0, 0.05) is 12.1 Å². The number of hydrogen-bond donors (Lipinski definition) is 1. The van der Waals surface area contributed by atoms with E-state index in [0.29, 0.717) is 25.4 Å². The average Bonchev–Trinajstić information content (AvgIpc) is 2.37. The molecule has 0 aromatic rings. The standard InChI is InChI=1S/C16H29NO2/c1-7-12(5)13(6)14(16(17)11(3)4)9-10-15(18)19-8-2/h12H,7-10,17H2,1-6H3/b14-13-/t12-/m1/s1. The van der Waals surface area contributed by atoms with Crippen molar-refractivity contribution in [2.75, 3.05) is 6.61 Å². The Morgan fingerprint density at radius 2 is 1.74 bits per heavy atom. The monoisotopic (exact) mass is 267 g/mol. The summed E-state index contributed by atoms with van der Waals surface area (Å²) in [7, 11) is 0. The van der Waals surface area contributed by atoms with Crippen LogP contribution in [0.15, 0.2) is 22.4 Å². The van der Waals surface area contributed by atoms with E-state index in [1.54, 1.807) is 0 Å². The zero-order chi connectivity index (χ0) is 15.0. The van der Waals surface area contributed by atoms with E-state index >= 15 is 0 Å². The summed E-state index contributed by atoms with van der Waals surface area (Å²) in [6.07, 6.45) is 2.13. The van der Waals surface area contributed by atoms with E-state index in [4.69, 9.17) is 10.5 Å². The molecule has 0 bridgehead atoms. The Kier molecular flexibility index (Phi) is 8.21. The van der Waals surface area contributed by atoms with Crippen molar-refractivity contribution >= 4 is 5.97 Å². The number of carbonyl (C=O) groups is 1. The van der Waals surface area contributed by atoms with Crippen molar-refractivity contribution in [1.29, 1.82) is 0 Å². The summed E-state index contributed by atoms with van der Waals surface area (Å²) in [5.74, 6) is 0.327. The molecule has 0 unspecified atom stereocenters. The van der Waals surface area contributed by atoms with Crippen molar-refractivity contribution in [3.63, 3.8) is 0 Å². The molecule has 0 aliphatic rings. The molecular formula is C16H29NO2. The van der Waals surface area contributed by atoms with E-state index in [1.807, 2.05) is 20.8 Å². The fraction of sp³-hybridized carbons (Fsp3) is 0.688. The predicted octanol–water partition coefficient (Wildman–Crippen LogP) is 3.94. The Balaban J connectivity index is 5.11. The quantitative estimate of drug-likeness (QED) is 0.561. The summed E-state index contributed by atoms with van der Waals surface area (Å²) in [6, 6.07) is 0. The number of nitrogens with two attached hydrogens (primary N) is 1. The van der Waals surface area contributed by atoms with Crippen molar-refractivity contribution < 1.29 is 9.53 Å². The Bertz CT molecular complexity index is 363. The normalized spacial score (nSPS) is 13.6. The second-order valence-electron chi connectivity index (χ2n) is 5.19. The van der Waals surface area contributed by atoms with Crippen LogP contribution in [0.3, 0.4) is 0 Å². The summed E-state index contributed by atoms with van der Waals surface area (Å²) in [4.78, 5) is 11.5.